The molecule has 0 amide bonds. The first kappa shape index (κ1) is 14.0. The predicted octanol–water partition coefficient (Wildman–Crippen LogP) is 2.90. The van der Waals surface area contributed by atoms with Gasteiger partial charge in [-0.1, -0.05) is 13.0 Å². The fraction of sp³-hybridized carbons (Fsp3) is 0.667. The summed E-state index contributed by atoms with van der Waals surface area (Å²) in [6, 6.07) is 4.54. The average Bonchev–Trinajstić information content (AvgIpc) is 2.81. The molecule has 1 unspecified atom stereocenters. The molecule has 0 aliphatic heterocycles. The molecule has 0 aliphatic rings. The molecular formula is C12H21NOS2. The maximum atomic E-state index is 9.04. The zero-order valence-electron chi connectivity index (χ0n) is 9.82. The average molecular weight is 259 g/mol. The second-order valence-electron chi connectivity index (χ2n) is 3.58. The van der Waals surface area contributed by atoms with Crippen LogP contribution in [0.4, 0.5) is 0 Å². The molecule has 0 aromatic carbocycles. The van der Waals surface area contributed by atoms with Crippen LogP contribution in [-0.4, -0.2) is 29.8 Å². The lowest BCUT2D eigenvalue weighted by Gasteiger charge is -2.16. The molecule has 1 aromatic rings. The second-order valence-corrected chi connectivity index (χ2v) is 5.96. The van der Waals surface area contributed by atoms with E-state index in [1.807, 2.05) is 11.8 Å². The van der Waals surface area contributed by atoms with E-state index in [0.29, 0.717) is 6.04 Å². The van der Waals surface area contributed by atoms with Gasteiger partial charge in [0.05, 0.1) is 0 Å². The molecule has 0 spiro atoms. The van der Waals surface area contributed by atoms with E-state index in [0.717, 1.165) is 13.0 Å². The molecule has 0 saturated heterocycles. The molecule has 2 N–H and O–H groups in total. The largest absolute Gasteiger partial charge is 0.396 e. The maximum absolute atomic E-state index is 9.04. The van der Waals surface area contributed by atoms with Crippen molar-refractivity contribution in [3.8, 4) is 0 Å². The van der Waals surface area contributed by atoms with Crippen LogP contribution < -0.4 is 5.32 Å². The Labute approximate surface area is 106 Å². The lowest BCUT2D eigenvalue weighted by atomic mass is 10.2. The third-order valence-electron chi connectivity index (χ3n) is 2.36. The summed E-state index contributed by atoms with van der Waals surface area (Å²) in [5.74, 6) is 2.42. The van der Waals surface area contributed by atoms with Crippen molar-refractivity contribution in [2.45, 2.75) is 25.8 Å². The summed E-state index contributed by atoms with van der Waals surface area (Å²) in [5, 5.41) is 14.6. The molecule has 4 heteroatoms. The van der Waals surface area contributed by atoms with Gasteiger partial charge >= 0.3 is 0 Å². The smallest absolute Gasteiger partial charge is 0.0449 e. The Bertz CT molecular complexity index is 252. The van der Waals surface area contributed by atoms with Gasteiger partial charge in [-0.25, -0.2) is 0 Å². The Hall–Kier alpha value is -0.0300. The highest BCUT2D eigenvalue weighted by Gasteiger charge is 2.10. The molecule has 0 bridgehead atoms. The number of rotatable bonds is 9. The van der Waals surface area contributed by atoms with Crippen LogP contribution in [0.1, 0.15) is 30.7 Å². The molecule has 1 rings (SSSR count). The van der Waals surface area contributed by atoms with Crippen molar-refractivity contribution < 1.29 is 5.11 Å². The monoisotopic (exact) mass is 259 g/mol. The van der Waals surface area contributed by atoms with Crippen LogP contribution in [0.15, 0.2) is 17.5 Å². The predicted molar refractivity (Wildman–Crippen MR) is 74.4 cm³/mol. The minimum atomic E-state index is 0.249. The SMILES string of the molecule is CCSCCCNC(CCO)c1cccs1. The minimum absolute atomic E-state index is 0.249. The van der Waals surface area contributed by atoms with Gasteiger partial charge in [-0.05, 0) is 42.3 Å². The van der Waals surface area contributed by atoms with Gasteiger partial charge in [0.25, 0.3) is 0 Å². The first-order valence-corrected chi connectivity index (χ1v) is 7.87. The second kappa shape index (κ2) is 9.05. The first-order chi connectivity index (χ1) is 7.88. The fourth-order valence-electron chi connectivity index (χ4n) is 1.56. The lowest BCUT2D eigenvalue weighted by Crippen LogP contribution is -2.23. The molecule has 0 saturated carbocycles. The van der Waals surface area contributed by atoms with E-state index in [-0.39, 0.29) is 6.61 Å². The molecule has 92 valence electrons. The fourth-order valence-corrected chi connectivity index (χ4v) is 3.03. The van der Waals surface area contributed by atoms with E-state index in [1.54, 1.807) is 11.3 Å². The number of aliphatic hydroxyl groups is 1. The Kier molecular flexibility index (Phi) is 7.93. The van der Waals surface area contributed by atoms with E-state index < -0.39 is 0 Å². The van der Waals surface area contributed by atoms with Gasteiger partial charge in [0.2, 0.25) is 0 Å². The molecule has 0 fully saturated rings. The quantitative estimate of drug-likeness (QED) is 0.669. The van der Waals surface area contributed by atoms with Crippen LogP contribution in [0.3, 0.4) is 0 Å². The summed E-state index contributed by atoms with van der Waals surface area (Å²) in [7, 11) is 0. The van der Waals surface area contributed by atoms with Gasteiger partial charge in [-0.2, -0.15) is 11.8 Å². The van der Waals surface area contributed by atoms with E-state index in [1.165, 1.54) is 22.8 Å². The van der Waals surface area contributed by atoms with Gasteiger partial charge < -0.3 is 10.4 Å². The summed E-state index contributed by atoms with van der Waals surface area (Å²) in [5.41, 5.74) is 0. The molecule has 0 radical (unpaired) electrons. The molecule has 1 aromatic heterocycles. The third kappa shape index (κ3) is 5.34. The molecular weight excluding hydrogens is 238 g/mol. The van der Waals surface area contributed by atoms with Crippen LogP contribution in [0.2, 0.25) is 0 Å². The third-order valence-corrected chi connectivity index (χ3v) is 4.34. The van der Waals surface area contributed by atoms with Gasteiger partial charge in [-0.3, -0.25) is 0 Å². The Morgan fingerprint density at radius 1 is 1.56 bits per heavy atom. The highest BCUT2D eigenvalue weighted by atomic mass is 32.2. The van der Waals surface area contributed by atoms with Gasteiger partial charge in [0, 0.05) is 17.5 Å². The topological polar surface area (TPSA) is 32.3 Å². The zero-order chi connectivity index (χ0) is 11.6. The molecule has 1 heterocycles. The van der Waals surface area contributed by atoms with Gasteiger partial charge in [0.15, 0.2) is 0 Å². The van der Waals surface area contributed by atoms with Crippen LogP contribution in [0.25, 0.3) is 0 Å². The summed E-state index contributed by atoms with van der Waals surface area (Å²) < 4.78 is 0. The highest BCUT2D eigenvalue weighted by molar-refractivity contribution is 7.99. The van der Waals surface area contributed by atoms with E-state index in [9.17, 15) is 0 Å². The number of nitrogens with one attached hydrogen (secondary N) is 1. The van der Waals surface area contributed by atoms with Crippen molar-refractivity contribution in [1.82, 2.24) is 5.32 Å². The molecule has 1 atom stereocenters. The Morgan fingerprint density at radius 3 is 3.06 bits per heavy atom. The number of aliphatic hydroxyl groups excluding tert-OH is 1. The Balaban J connectivity index is 2.24. The normalized spacial score (nSPS) is 12.9. The maximum Gasteiger partial charge on any atom is 0.0449 e. The van der Waals surface area contributed by atoms with Crippen LogP contribution in [0.5, 0.6) is 0 Å². The van der Waals surface area contributed by atoms with Crippen molar-refractivity contribution in [2.24, 2.45) is 0 Å². The summed E-state index contributed by atoms with van der Waals surface area (Å²) >= 11 is 3.74. The lowest BCUT2D eigenvalue weighted by molar-refractivity contribution is 0.266. The van der Waals surface area contributed by atoms with Crippen LogP contribution in [-0.2, 0) is 0 Å². The molecule has 2 nitrogen and oxygen atoms in total. The summed E-state index contributed by atoms with van der Waals surface area (Å²) in [6.07, 6.45) is 2.01. The first-order valence-electron chi connectivity index (χ1n) is 5.84. The van der Waals surface area contributed by atoms with Crippen molar-refractivity contribution in [3.63, 3.8) is 0 Å². The number of thioether (sulfide) groups is 1. The Morgan fingerprint density at radius 2 is 2.44 bits per heavy atom. The molecule has 0 aliphatic carbocycles. The van der Waals surface area contributed by atoms with Crippen LogP contribution in [0, 0.1) is 0 Å². The van der Waals surface area contributed by atoms with E-state index >= 15 is 0 Å². The summed E-state index contributed by atoms with van der Waals surface area (Å²) in [6.45, 7) is 3.48. The minimum Gasteiger partial charge on any atom is -0.396 e. The standard InChI is InChI=1S/C12H21NOS2/c1-2-15-9-4-7-13-11(6-8-14)12-5-3-10-16-12/h3,5,10-11,13-14H,2,4,6-9H2,1H3. The number of thiophene rings is 1. The number of hydrogen-bond acceptors (Lipinski definition) is 4. The van der Waals surface area contributed by atoms with Gasteiger partial charge in [-0.15, -0.1) is 11.3 Å². The highest BCUT2D eigenvalue weighted by Crippen LogP contribution is 2.21. The molecule has 16 heavy (non-hydrogen) atoms. The summed E-state index contributed by atoms with van der Waals surface area (Å²) in [4.78, 5) is 1.33. The van der Waals surface area contributed by atoms with E-state index in [2.05, 4.69) is 29.8 Å². The van der Waals surface area contributed by atoms with Crippen molar-refractivity contribution in [1.29, 1.82) is 0 Å². The van der Waals surface area contributed by atoms with Crippen molar-refractivity contribution >= 4 is 23.1 Å². The van der Waals surface area contributed by atoms with Gasteiger partial charge in [0.1, 0.15) is 0 Å². The van der Waals surface area contributed by atoms with Crippen molar-refractivity contribution in [2.75, 3.05) is 24.7 Å². The zero-order valence-corrected chi connectivity index (χ0v) is 11.4. The van der Waals surface area contributed by atoms with Crippen molar-refractivity contribution in [3.05, 3.63) is 22.4 Å². The van der Waals surface area contributed by atoms with E-state index in [4.69, 9.17) is 5.11 Å². The van der Waals surface area contributed by atoms with Crippen LogP contribution >= 0.6 is 23.1 Å². The number of hydrogen-bond donors (Lipinski definition) is 2.